The summed E-state index contributed by atoms with van der Waals surface area (Å²) in [6.45, 7) is 5.13. The van der Waals surface area contributed by atoms with Crippen molar-refractivity contribution >= 4 is 29.5 Å². The van der Waals surface area contributed by atoms with Gasteiger partial charge in [-0.1, -0.05) is 27.2 Å². The Morgan fingerprint density at radius 2 is 1.77 bits per heavy atom. The molecule has 1 aliphatic heterocycles. The zero-order valence-electron chi connectivity index (χ0n) is 20.7. The Hall–Kier alpha value is -2.99. The molecule has 0 spiro atoms. The molecule has 5 amide bonds. The molecule has 1 rings (SSSR count). The minimum atomic E-state index is -1.22. The summed E-state index contributed by atoms with van der Waals surface area (Å²) >= 11 is 0. The van der Waals surface area contributed by atoms with E-state index in [1.54, 1.807) is 20.8 Å². The number of primary amides is 1. The highest BCUT2D eigenvalue weighted by molar-refractivity contribution is 5.95. The zero-order chi connectivity index (χ0) is 26.6. The first-order chi connectivity index (χ1) is 16.4. The lowest BCUT2D eigenvalue weighted by molar-refractivity contribution is -0.135. The van der Waals surface area contributed by atoms with Gasteiger partial charge >= 0.3 is 6.03 Å². The number of urea groups is 1. The second-order valence-electron chi connectivity index (χ2n) is 9.53. The highest BCUT2D eigenvalue weighted by atomic mass is 16.3. The molecule has 0 aromatic heterocycles. The van der Waals surface area contributed by atoms with Gasteiger partial charge in [-0.05, 0) is 31.8 Å². The number of unbranched alkanes of at least 4 members (excludes halogenated alkanes) is 2. The molecule has 0 aliphatic carbocycles. The fourth-order valence-corrected chi connectivity index (χ4v) is 3.53. The number of amides is 5. The van der Waals surface area contributed by atoms with E-state index < -0.39 is 48.2 Å². The van der Waals surface area contributed by atoms with Gasteiger partial charge in [0.25, 0.3) is 0 Å². The molecule has 0 fully saturated rings. The van der Waals surface area contributed by atoms with E-state index in [1.165, 1.54) is 17.1 Å². The summed E-state index contributed by atoms with van der Waals surface area (Å²) in [5, 5.41) is 26.8. The smallest absolute Gasteiger partial charge is 0.312 e. The SMILES string of the molecule is CC(C)(C)C(=O)[C@H](CCCNC(N)=O)NC(=O)[C@H](CO)NC(=O)CCCCCN1C(=O)C=CC1O. The number of carbonyl (C=O) groups excluding carboxylic acids is 5. The topological polar surface area (TPSA) is 191 Å². The summed E-state index contributed by atoms with van der Waals surface area (Å²) < 4.78 is 0. The first-order valence-corrected chi connectivity index (χ1v) is 11.8. The number of aliphatic hydroxyl groups is 2. The predicted octanol–water partition coefficient (Wildman–Crippen LogP) is -0.711. The summed E-state index contributed by atoms with van der Waals surface area (Å²) in [6.07, 6.45) is 4.28. The van der Waals surface area contributed by atoms with E-state index in [0.29, 0.717) is 32.2 Å². The maximum absolute atomic E-state index is 12.8. The van der Waals surface area contributed by atoms with Crippen molar-refractivity contribution in [3.63, 3.8) is 0 Å². The van der Waals surface area contributed by atoms with Crippen LogP contribution in [-0.4, -0.2) is 82.7 Å². The first kappa shape index (κ1) is 30.0. The molecule has 0 aromatic carbocycles. The lowest BCUT2D eigenvalue weighted by atomic mass is 9.84. The van der Waals surface area contributed by atoms with E-state index in [0.717, 1.165) is 0 Å². The van der Waals surface area contributed by atoms with Crippen molar-refractivity contribution in [2.75, 3.05) is 19.7 Å². The van der Waals surface area contributed by atoms with Crippen LogP contribution in [0.15, 0.2) is 12.2 Å². The third kappa shape index (κ3) is 10.9. The second kappa shape index (κ2) is 14.4. The lowest BCUT2D eigenvalue weighted by Gasteiger charge is -2.27. The number of ketones is 1. The Bertz CT molecular complexity index is 794. The number of hydrogen-bond acceptors (Lipinski definition) is 7. The molecule has 1 aliphatic rings. The van der Waals surface area contributed by atoms with Gasteiger partial charge in [0.05, 0.1) is 12.6 Å². The molecule has 0 bridgehead atoms. The van der Waals surface area contributed by atoms with Crippen LogP contribution in [0, 0.1) is 5.41 Å². The molecule has 0 radical (unpaired) electrons. The largest absolute Gasteiger partial charge is 0.394 e. The van der Waals surface area contributed by atoms with E-state index in [2.05, 4.69) is 16.0 Å². The van der Waals surface area contributed by atoms with E-state index >= 15 is 0 Å². The number of nitrogens with one attached hydrogen (secondary N) is 3. The second-order valence-corrected chi connectivity index (χ2v) is 9.53. The number of hydrogen-bond donors (Lipinski definition) is 6. The van der Waals surface area contributed by atoms with Crippen LogP contribution in [-0.2, 0) is 19.2 Å². The monoisotopic (exact) mass is 497 g/mol. The average Bonchev–Trinajstić information content (AvgIpc) is 3.09. The van der Waals surface area contributed by atoms with Crippen molar-refractivity contribution in [3.8, 4) is 0 Å². The zero-order valence-corrected chi connectivity index (χ0v) is 20.7. The van der Waals surface area contributed by atoms with Gasteiger partial charge in [0, 0.05) is 31.0 Å². The fraction of sp³-hybridized carbons (Fsp3) is 0.696. The van der Waals surface area contributed by atoms with Gasteiger partial charge in [-0.2, -0.15) is 0 Å². The highest BCUT2D eigenvalue weighted by Crippen LogP contribution is 2.19. The number of carbonyl (C=O) groups is 5. The number of nitrogens with two attached hydrogens (primary N) is 1. The summed E-state index contributed by atoms with van der Waals surface area (Å²) in [4.78, 5) is 61.4. The quantitative estimate of drug-likeness (QED) is 0.161. The van der Waals surface area contributed by atoms with Crippen LogP contribution in [0.25, 0.3) is 0 Å². The van der Waals surface area contributed by atoms with E-state index in [4.69, 9.17) is 5.73 Å². The van der Waals surface area contributed by atoms with Gasteiger partial charge in [-0.25, -0.2) is 4.79 Å². The van der Waals surface area contributed by atoms with Crippen LogP contribution in [0.2, 0.25) is 0 Å². The molecule has 3 atom stereocenters. The standard InChI is InChI=1S/C23H39N5O7/c1-23(2,3)20(33)15(8-7-12-25-22(24)35)27-21(34)16(14-29)26-17(30)9-5-4-6-13-28-18(31)10-11-19(28)32/h10-11,15-16,18,29,31H,4-9,12-14H2,1-3H3,(H,26,30)(H,27,34)(H3,24,25,35)/t15-,16-,18?/m0/s1. The van der Waals surface area contributed by atoms with Gasteiger partial charge in [0.1, 0.15) is 12.3 Å². The van der Waals surface area contributed by atoms with Crippen LogP contribution in [0.1, 0.15) is 59.3 Å². The summed E-state index contributed by atoms with van der Waals surface area (Å²) in [6, 6.07) is -2.76. The molecule has 12 nitrogen and oxygen atoms in total. The van der Waals surface area contributed by atoms with Gasteiger partial charge in [0.2, 0.25) is 17.7 Å². The molecular weight excluding hydrogens is 458 g/mol. The van der Waals surface area contributed by atoms with Crippen molar-refractivity contribution < 1.29 is 34.2 Å². The Labute approximate surface area is 205 Å². The fourth-order valence-electron chi connectivity index (χ4n) is 3.53. The Balaban J connectivity index is 2.50. The third-order valence-electron chi connectivity index (χ3n) is 5.49. The molecule has 1 heterocycles. The molecule has 0 saturated heterocycles. The van der Waals surface area contributed by atoms with Gasteiger partial charge in [0.15, 0.2) is 5.78 Å². The van der Waals surface area contributed by atoms with E-state index in [1.807, 2.05) is 0 Å². The lowest BCUT2D eigenvalue weighted by Crippen LogP contribution is -2.54. The van der Waals surface area contributed by atoms with Gasteiger partial charge < -0.3 is 36.8 Å². The summed E-state index contributed by atoms with van der Waals surface area (Å²) in [5.74, 6) is -1.58. The Morgan fingerprint density at radius 3 is 2.31 bits per heavy atom. The number of nitrogens with zero attached hydrogens (tertiary/aromatic N) is 1. The van der Waals surface area contributed by atoms with Crippen LogP contribution >= 0.6 is 0 Å². The molecule has 12 heteroatoms. The number of Topliss-reactive ketones (excluding diaryl/α,β-unsaturated/α-hetero) is 1. The molecule has 1 unspecified atom stereocenters. The van der Waals surface area contributed by atoms with E-state index in [-0.39, 0.29) is 31.1 Å². The molecule has 0 saturated carbocycles. The molecular formula is C23H39N5O7. The molecule has 0 aromatic rings. The minimum absolute atomic E-state index is 0.113. The average molecular weight is 498 g/mol. The predicted molar refractivity (Wildman–Crippen MR) is 128 cm³/mol. The maximum Gasteiger partial charge on any atom is 0.312 e. The van der Waals surface area contributed by atoms with Crippen molar-refractivity contribution in [2.24, 2.45) is 11.1 Å². The van der Waals surface area contributed by atoms with E-state index in [9.17, 15) is 34.2 Å². The van der Waals surface area contributed by atoms with Gasteiger partial charge in [-0.15, -0.1) is 0 Å². The van der Waals surface area contributed by atoms with Crippen molar-refractivity contribution in [2.45, 2.75) is 77.6 Å². The van der Waals surface area contributed by atoms with Gasteiger partial charge in [-0.3, -0.25) is 19.2 Å². The Kier molecular flexibility index (Phi) is 12.4. The Morgan fingerprint density at radius 1 is 1.09 bits per heavy atom. The highest BCUT2D eigenvalue weighted by Gasteiger charge is 2.32. The number of rotatable bonds is 15. The van der Waals surface area contributed by atoms with Crippen molar-refractivity contribution in [1.29, 1.82) is 0 Å². The summed E-state index contributed by atoms with van der Waals surface area (Å²) in [7, 11) is 0. The molecule has 35 heavy (non-hydrogen) atoms. The summed E-state index contributed by atoms with van der Waals surface area (Å²) in [5.41, 5.74) is 4.29. The molecule has 7 N–H and O–H groups in total. The minimum Gasteiger partial charge on any atom is -0.394 e. The number of aliphatic hydroxyl groups excluding tert-OH is 2. The van der Waals surface area contributed by atoms with Crippen LogP contribution < -0.4 is 21.7 Å². The normalized spacial score (nSPS) is 17.1. The van der Waals surface area contributed by atoms with Crippen molar-refractivity contribution in [1.82, 2.24) is 20.9 Å². The maximum atomic E-state index is 12.8. The van der Waals surface area contributed by atoms with Crippen LogP contribution in [0.4, 0.5) is 4.79 Å². The van der Waals surface area contributed by atoms with Crippen LogP contribution in [0.3, 0.4) is 0 Å². The first-order valence-electron chi connectivity index (χ1n) is 11.8. The molecule has 198 valence electrons. The third-order valence-corrected chi connectivity index (χ3v) is 5.49. The van der Waals surface area contributed by atoms with Crippen LogP contribution in [0.5, 0.6) is 0 Å². The van der Waals surface area contributed by atoms with Crippen molar-refractivity contribution in [3.05, 3.63) is 12.2 Å².